The summed E-state index contributed by atoms with van der Waals surface area (Å²) in [7, 11) is 0. The van der Waals surface area contributed by atoms with Crippen molar-refractivity contribution in [2.24, 2.45) is 17.7 Å². The van der Waals surface area contributed by atoms with Gasteiger partial charge >= 0.3 is 0 Å². The fourth-order valence-electron chi connectivity index (χ4n) is 3.08. The van der Waals surface area contributed by atoms with Gasteiger partial charge < -0.3 is 0 Å². The highest BCUT2D eigenvalue weighted by Gasteiger charge is 2.31. The van der Waals surface area contributed by atoms with Crippen molar-refractivity contribution in [3.63, 3.8) is 0 Å². The Hall–Kier alpha value is -1.00. The summed E-state index contributed by atoms with van der Waals surface area (Å²) in [5.74, 6) is 7.08. The minimum atomic E-state index is 0.147. The number of rotatable bonds is 4. The van der Waals surface area contributed by atoms with Gasteiger partial charge in [-0.1, -0.05) is 32.6 Å². The zero-order valence-electron chi connectivity index (χ0n) is 10.5. The molecule has 0 bridgehead atoms. The van der Waals surface area contributed by atoms with Gasteiger partial charge in [-0.05, 0) is 18.3 Å². The summed E-state index contributed by atoms with van der Waals surface area (Å²) >= 11 is 0. The second-order valence-electron chi connectivity index (χ2n) is 4.89. The smallest absolute Gasteiger partial charge is 0.0772 e. The first-order chi connectivity index (χ1) is 8.36. The Morgan fingerprint density at radius 3 is 2.88 bits per heavy atom. The molecule has 0 radical (unpaired) electrons. The van der Waals surface area contributed by atoms with Crippen molar-refractivity contribution in [1.82, 2.24) is 15.4 Å². The van der Waals surface area contributed by atoms with Crippen LogP contribution in [0.2, 0.25) is 0 Å². The van der Waals surface area contributed by atoms with E-state index in [9.17, 15) is 0 Å². The predicted octanol–water partition coefficient (Wildman–Crippen LogP) is 2.20. The largest absolute Gasteiger partial charge is 0.271 e. The number of aromatic nitrogens is 2. The van der Waals surface area contributed by atoms with Crippen LogP contribution in [0.3, 0.4) is 0 Å². The normalized spacial score (nSPS) is 26.7. The summed E-state index contributed by atoms with van der Waals surface area (Å²) in [5.41, 5.74) is 3.92. The van der Waals surface area contributed by atoms with Gasteiger partial charge in [-0.15, -0.1) is 0 Å². The molecule has 1 aliphatic carbocycles. The zero-order valence-corrected chi connectivity index (χ0v) is 10.5. The number of hydrogen-bond acceptors (Lipinski definition) is 4. The summed E-state index contributed by atoms with van der Waals surface area (Å²) in [5, 5.41) is 0. The molecule has 3 atom stereocenters. The molecule has 0 amide bonds. The number of nitrogens with zero attached hydrogens (tertiary/aromatic N) is 2. The molecule has 3 unspecified atom stereocenters. The fourth-order valence-corrected chi connectivity index (χ4v) is 3.08. The zero-order chi connectivity index (χ0) is 12.1. The van der Waals surface area contributed by atoms with Crippen LogP contribution < -0.4 is 11.3 Å². The van der Waals surface area contributed by atoms with Crippen molar-refractivity contribution >= 4 is 0 Å². The maximum absolute atomic E-state index is 5.73. The lowest BCUT2D eigenvalue weighted by atomic mass is 9.73. The average molecular weight is 234 g/mol. The van der Waals surface area contributed by atoms with E-state index < -0.39 is 0 Å². The Kier molecular flexibility index (Phi) is 4.45. The average Bonchev–Trinajstić information content (AvgIpc) is 2.41. The van der Waals surface area contributed by atoms with E-state index in [1.165, 1.54) is 32.1 Å². The highest BCUT2D eigenvalue weighted by Crippen LogP contribution is 2.39. The lowest BCUT2D eigenvalue weighted by molar-refractivity contribution is 0.173. The third-order valence-corrected chi connectivity index (χ3v) is 4.00. The van der Waals surface area contributed by atoms with Gasteiger partial charge in [0.15, 0.2) is 0 Å². The van der Waals surface area contributed by atoms with E-state index in [2.05, 4.69) is 22.3 Å². The molecule has 0 aliphatic heterocycles. The standard InChI is InChI=1S/C13H22N4/c1-2-10-5-3-4-6-11(10)13(17-14)12-9-15-7-8-16-12/h7-11,13,17H,2-6,14H2,1H3. The molecule has 1 saturated carbocycles. The minimum Gasteiger partial charge on any atom is -0.271 e. The lowest BCUT2D eigenvalue weighted by Crippen LogP contribution is -2.38. The van der Waals surface area contributed by atoms with Crippen molar-refractivity contribution in [3.05, 3.63) is 24.3 Å². The predicted molar refractivity (Wildman–Crippen MR) is 67.8 cm³/mol. The van der Waals surface area contributed by atoms with Gasteiger partial charge in [-0.3, -0.25) is 21.2 Å². The maximum atomic E-state index is 5.73. The van der Waals surface area contributed by atoms with Crippen molar-refractivity contribution in [3.8, 4) is 0 Å². The molecule has 1 aromatic heterocycles. The second kappa shape index (κ2) is 6.07. The molecule has 17 heavy (non-hydrogen) atoms. The van der Waals surface area contributed by atoms with Crippen LogP contribution in [0.1, 0.15) is 50.8 Å². The molecule has 1 heterocycles. The van der Waals surface area contributed by atoms with Crippen LogP contribution in [0.5, 0.6) is 0 Å². The molecule has 94 valence electrons. The summed E-state index contributed by atoms with van der Waals surface area (Å²) in [6.07, 6.45) is 11.7. The molecule has 1 aromatic rings. The maximum Gasteiger partial charge on any atom is 0.0772 e. The minimum absolute atomic E-state index is 0.147. The van der Waals surface area contributed by atoms with E-state index in [0.717, 1.165) is 11.6 Å². The molecular weight excluding hydrogens is 212 g/mol. The van der Waals surface area contributed by atoms with Crippen molar-refractivity contribution in [1.29, 1.82) is 0 Å². The van der Waals surface area contributed by atoms with Crippen molar-refractivity contribution in [2.45, 2.75) is 45.1 Å². The van der Waals surface area contributed by atoms with Crippen LogP contribution in [-0.2, 0) is 0 Å². The summed E-state index contributed by atoms with van der Waals surface area (Å²) in [6.45, 7) is 2.27. The number of hydrazine groups is 1. The van der Waals surface area contributed by atoms with Crippen molar-refractivity contribution < 1.29 is 0 Å². The summed E-state index contributed by atoms with van der Waals surface area (Å²) in [4.78, 5) is 8.53. The van der Waals surface area contributed by atoms with E-state index >= 15 is 0 Å². The van der Waals surface area contributed by atoms with E-state index in [1.54, 1.807) is 12.4 Å². The number of nitrogens with two attached hydrogens (primary N) is 1. The van der Waals surface area contributed by atoms with Crippen LogP contribution in [0.4, 0.5) is 0 Å². The first-order valence-corrected chi connectivity index (χ1v) is 6.58. The molecule has 0 spiro atoms. The Morgan fingerprint density at radius 1 is 1.41 bits per heavy atom. The van der Waals surface area contributed by atoms with Gasteiger partial charge in [0.1, 0.15) is 0 Å². The van der Waals surface area contributed by atoms with Gasteiger partial charge in [0.25, 0.3) is 0 Å². The monoisotopic (exact) mass is 234 g/mol. The number of hydrogen-bond donors (Lipinski definition) is 2. The van der Waals surface area contributed by atoms with Crippen molar-refractivity contribution in [2.75, 3.05) is 0 Å². The molecular formula is C13H22N4. The quantitative estimate of drug-likeness (QED) is 0.619. The molecule has 2 rings (SSSR count). The lowest BCUT2D eigenvalue weighted by Gasteiger charge is -2.36. The second-order valence-corrected chi connectivity index (χ2v) is 4.89. The third-order valence-electron chi connectivity index (χ3n) is 4.00. The first kappa shape index (κ1) is 12.5. The fraction of sp³-hybridized carbons (Fsp3) is 0.692. The molecule has 1 aliphatic rings. The van der Waals surface area contributed by atoms with Gasteiger partial charge in [0.05, 0.1) is 17.9 Å². The number of nitrogens with one attached hydrogen (secondary N) is 1. The van der Waals surface area contributed by atoms with E-state index in [1.807, 2.05) is 6.20 Å². The molecule has 4 nitrogen and oxygen atoms in total. The van der Waals surface area contributed by atoms with Crippen LogP contribution in [0, 0.1) is 11.8 Å². The summed E-state index contributed by atoms with van der Waals surface area (Å²) in [6, 6.07) is 0.147. The van der Waals surface area contributed by atoms with Crippen LogP contribution in [-0.4, -0.2) is 9.97 Å². The first-order valence-electron chi connectivity index (χ1n) is 6.58. The highest BCUT2D eigenvalue weighted by atomic mass is 15.2. The van der Waals surface area contributed by atoms with E-state index in [-0.39, 0.29) is 6.04 Å². The van der Waals surface area contributed by atoms with Gasteiger partial charge in [-0.25, -0.2) is 0 Å². The Bertz CT molecular complexity index is 327. The van der Waals surface area contributed by atoms with Crippen LogP contribution in [0.15, 0.2) is 18.6 Å². The van der Waals surface area contributed by atoms with Gasteiger partial charge in [-0.2, -0.15) is 0 Å². The topological polar surface area (TPSA) is 63.8 Å². The SMILES string of the molecule is CCC1CCCCC1C(NN)c1cnccn1. The molecule has 1 fully saturated rings. The Balaban J connectivity index is 2.16. The van der Waals surface area contributed by atoms with Gasteiger partial charge in [0, 0.05) is 12.4 Å². The molecule has 4 heteroatoms. The van der Waals surface area contributed by atoms with Crippen LogP contribution >= 0.6 is 0 Å². The van der Waals surface area contributed by atoms with E-state index in [4.69, 9.17) is 5.84 Å². The Labute approximate surface area is 103 Å². The third kappa shape index (κ3) is 2.82. The Morgan fingerprint density at radius 2 is 2.24 bits per heavy atom. The molecule has 3 N–H and O–H groups in total. The van der Waals surface area contributed by atoms with Gasteiger partial charge in [0.2, 0.25) is 0 Å². The molecule has 0 saturated heterocycles. The van der Waals surface area contributed by atoms with E-state index in [0.29, 0.717) is 5.92 Å². The van der Waals surface area contributed by atoms with Crippen LogP contribution in [0.25, 0.3) is 0 Å². The highest BCUT2D eigenvalue weighted by molar-refractivity contribution is 5.05. The summed E-state index contributed by atoms with van der Waals surface area (Å²) < 4.78 is 0. The molecule has 0 aromatic carbocycles.